The maximum Gasteiger partial charge on any atom is 0.256 e. The predicted octanol–water partition coefficient (Wildman–Crippen LogP) is 7.37. The fourth-order valence-electron chi connectivity index (χ4n) is 3.55. The lowest BCUT2D eigenvalue weighted by molar-refractivity contribution is 0.102. The Labute approximate surface area is 215 Å². The third-order valence-corrected chi connectivity index (χ3v) is 6.13. The molecule has 3 aromatic carbocycles. The maximum atomic E-state index is 12.8. The van der Waals surface area contributed by atoms with Crippen molar-refractivity contribution in [2.75, 3.05) is 5.32 Å². The van der Waals surface area contributed by atoms with E-state index in [9.17, 15) is 4.79 Å². The molecule has 180 valence electrons. The molecule has 5 nitrogen and oxygen atoms in total. The van der Waals surface area contributed by atoms with E-state index in [0.29, 0.717) is 34.6 Å². The number of anilines is 1. The van der Waals surface area contributed by atoms with Crippen molar-refractivity contribution in [1.82, 2.24) is 9.78 Å². The normalized spacial score (nSPS) is 11.3. The lowest BCUT2D eigenvalue weighted by Gasteiger charge is -2.19. The smallest absolute Gasteiger partial charge is 0.256 e. The number of rotatable bonds is 7. The highest BCUT2D eigenvalue weighted by Crippen LogP contribution is 2.25. The van der Waals surface area contributed by atoms with Gasteiger partial charge in [0, 0.05) is 27.9 Å². The molecule has 7 heteroatoms. The van der Waals surface area contributed by atoms with Crippen LogP contribution in [-0.4, -0.2) is 15.7 Å². The Kier molecular flexibility index (Phi) is 7.48. The fraction of sp³-hybridized carbons (Fsp3) is 0.214. The third-order valence-electron chi connectivity index (χ3n) is 5.54. The number of halogens is 2. The SMILES string of the molecule is CC(C)(C)c1ccc(OCc2cccc(C(=O)Nc3ccn(Cc4ccc(Cl)cc4Cl)n3)c2)cc1. The second-order valence-electron chi connectivity index (χ2n) is 9.35. The molecule has 0 saturated heterocycles. The Bertz CT molecular complexity index is 1320. The van der Waals surface area contributed by atoms with E-state index >= 15 is 0 Å². The van der Waals surface area contributed by atoms with Crippen molar-refractivity contribution in [3.63, 3.8) is 0 Å². The Hall–Kier alpha value is -3.28. The number of amides is 1. The molecule has 0 aliphatic carbocycles. The quantitative estimate of drug-likeness (QED) is 0.284. The summed E-state index contributed by atoms with van der Waals surface area (Å²) in [6, 6.07) is 22.6. The van der Waals surface area contributed by atoms with Crippen molar-refractivity contribution in [1.29, 1.82) is 0 Å². The first-order chi connectivity index (χ1) is 16.7. The van der Waals surface area contributed by atoms with Gasteiger partial charge in [0.15, 0.2) is 5.82 Å². The number of hydrogen-bond donors (Lipinski definition) is 1. The number of hydrogen-bond acceptors (Lipinski definition) is 3. The zero-order valence-corrected chi connectivity index (χ0v) is 21.4. The van der Waals surface area contributed by atoms with Crippen molar-refractivity contribution in [3.05, 3.63) is 111 Å². The molecule has 0 bridgehead atoms. The molecule has 0 unspecified atom stereocenters. The second-order valence-corrected chi connectivity index (χ2v) is 10.2. The minimum Gasteiger partial charge on any atom is -0.489 e. The molecule has 0 aliphatic heterocycles. The summed E-state index contributed by atoms with van der Waals surface area (Å²) in [5.74, 6) is 1.01. The molecule has 0 fully saturated rings. The van der Waals surface area contributed by atoms with Crippen LogP contribution in [0.3, 0.4) is 0 Å². The number of benzene rings is 3. The van der Waals surface area contributed by atoms with Crippen LogP contribution in [0, 0.1) is 0 Å². The van der Waals surface area contributed by atoms with Gasteiger partial charge in [0.25, 0.3) is 5.91 Å². The standard InChI is InChI=1S/C28H27Cl2N3O2/c1-28(2,3)22-8-11-24(12-9-22)35-18-19-5-4-6-20(15-19)27(34)31-26-13-14-33(32-26)17-21-7-10-23(29)16-25(21)30/h4-16H,17-18H2,1-3H3,(H,31,32,34). The van der Waals surface area contributed by atoms with Gasteiger partial charge < -0.3 is 10.1 Å². The molecule has 0 atom stereocenters. The van der Waals surface area contributed by atoms with E-state index in [1.807, 2.05) is 36.4 Å². The van der Waals surface area contributed by atoms with Crippen LogP contribution in [0.2, 0.25) is 10.0 Å². The Morgan fingerprint density at radius 1 is 1.00 bits per heavy atom. The number of nitrogens with one attached hydrogen (secondary N) is 1. The van der Waals surface area contributed by atoms with Gasteiger partial charge in [0.1, 0.15) is 12.4 Å². The van der Waals surface area contributed by atoms with Gasteiger partial charge in [-0.25, -0.2) is 0 Å². The summed E-state index contributed by atoms with van der Waals surface area (Å²) in [4.78, 5) is 12.8. The summed E-state index contributed by atoms with van der Waals surface area (Å²) in [6.07, 6.45) is 1.79. The largest absolute Gasteiger partial charge is 0.489 e. The van der Waals surface area contributed by atoms with Gasteiger partial charge in [-0.2, -0.15) is 5.10 Å². The number of nitrogens with zero attached hydrogens (tertiary/aromatic N) is 2. The van der Waals surface area contributed by atoms with E-state index in [2.05, 4.69) is 43.3 Å². The van der Waals surface area contributed by atoms with Crippen molar-refractivity contribution in [3.8, 4) is 5.75 Å². The maximum absolute atomic E-state index is 12.8. The minimum atomic E-state index is -0.240. The van der Waals surface area contributed by atoms with Crippen molar-refractivity contribution in [2.45, 2.75) is 39.3 Å². The molecular weight excluding hydrogens is 481 g/mol. The first-order valence-corrected chi connectivity index (χ1v) is 12.0. The molecule has 4 aromatic rings. The first kappa shape index (κ1) is 24.8. The average molecular weight is 508 g/mol. The highest BCUT2D eigenvalue weighted by Gasteiger charge is 2.13. The van der Waals surface area contributed by atoms with Gasteiger partial charge >= 0.3 is 0 Å². The minimum absolute atomic E-state index is 0.0962. The summed E-state index contributed by atoms with van der Waals surface area (Å²) < 4.78 is 7.63. The van der Waals surface area contributed by atoms with E-state index in [1.165, 1.54) is 5.56 Å². The van der Waals surface area contributed by atoms with Crippen molar-refractivity contribution in [2.24, 2.45) is 0 Å². The van der Waals surface area contributed by atoms with Crippen molar-refractivity contribution >= 4 is 34.9 Å². The van der Waals surface area contributed by atoms with Crippen molar-refractivity contribution < 1.29 is 9.53 Å². The average Bonchev–Trinajstić information content (AvgIpc) is 3.26. The highest BCUT2D eigenvalue weighted by atomic mass is 35.5. The predicted molar refractivity (Wildman–Crippen MR) is 142 cm³/mol. The Morgan fingerprint density at radius 3 is 2.49 bits per heavy atom. The lowest BCUT2D eigenvalue weighted by Crippen LogP contribution is -2.13. The zero-order valence-electron chi connectivity index (χ0n) is 19.9. The molecule has 35 heavy (non-hydrogen) atoms. The van der Waals surface area contributed by atoms with E-state index in [1.54, 1.807) is 35.1 Å². The molecule has 0 aliphatic rings. The Balaban J connectivity index is 1.36. The van der Waals surface area contributed by atoms with Crippen LogP contribution < -0.4 is 10.1 Å². The van der Waals surface area contributed by atoms with Gasteiger partial charge in [-0.05, 0) is 58.5 Å². The molecule has 1 amide bonds. The summed E-state index contributed by atoms with van der Waals surface area (Å²) in [5, 5.41) is 8.42. The molecule has 0 spiro atoms. The van der Waals surface area contributed by atoms with Gasteiger partial charge in [-0.3, -0.25) is 9.48 Å². The molecule has 1 heterocycles. The molecule has 0 radical (unpaired) electrons. The number of carbonyl (C=O) groups excluding carboxylic acids is 1. The van der Waals surface area contributed by atoms with Gasteiger partial charge in [0.05, 0.1) is 6.54 Å². The summed E-state index contributed by atoms with van der Waals surface area (Å²) in [6.45, 7) is 7.37. The van der Waals surface area contributed by atoms with Crippen LogP contribution in [0.1, 0.15) is 47.8 Å². The third kappa shape index (κ3) is 6.65. The van der Waals surface area contributed by atoms with E-state index in [4.69, 9.17) is 27.9 Å². The van der Waals surface area contributed by atoms with Gasteiger partial charge in [-0.1, -0.05) is 74.3 Å². The second kappa shape index (κ2) is 10.5. The van der Waals surface area contributed by atoms with Crippen LogP contribution in [0.15, 0.2) is 79.0 Å². The van der Waals surface area contributed by atoms with E-state index in [0.717, 1.165) is 16.9 Å². The van der Waals surface area contributed by atoms with Gasteiger partial charge in [0.2, 0.25) is 0 Å². The molecule has 1 N–H and O–H groups in total. The molecular formula is C28H27Cl2N3O2. The zero-order chi connectivity index (χ0) is 25.0. The van der Waals surface area contributed by atoms with E-state index in [-0.39, 0.29) is 11.3 Å². The lowest BCUT2D eigenvalue weighted by atomic mass is 9.87. The monoisotopic (exact) mass is 507 g/mol. The topological polar surface area (TPSA) is 56.1 Å². The molecule has 0 saturated carbocycles. The fourth-order valence-corrected chi connectivity index (χ4v) is 4.02. The first-order valence-electron chi connectivity index (χ1n) is 11.3. The van der Waals surface area contributed by atoms with Crippen LogP contribution in [0.4, 0.5) is 5.82 Å². The molecule has 4 rings (SSSR count). The Morgan fingerprint density at radius 2 is 1.77 bits per heavy atom. The summed E-state index contributed by atoms with van der Waals surface area (Å²) >= 11 is 12.2. The van der Waals surface area contributed by atoms with E-state index < -0.39 is 0 Å². The number of ether oxygens (including phenoxy) is 1. The van der Waals surface area contributed by atoms with Crippen LogP contribution in [0.25, 0.3) is 0 Å². The van der Waals surface area contributed by atoms with Crippen LogP contribution >= 0.6 is 23.2 Å². The van der Waals surface area contributed by atoms with Crippen LogP contribution in [-0.2, 0) is 18.6 Å². The number of aromatic nitrogens is 2. The summed E-state index contributed by atoms with van der Waals surface area (Å²) in [7, 11) is 0. The summed E-state index contributed by atoms with van der Waals surface area (Å²) in [5.41, 5.74) is 3.67. The van der Waals surface area contributed by atoms with Gasteiger partial charge in [-0.15, -0.1) is 0 Å². The highest BCUT2D eigenvalue weighted by molar-refractivity contribution is 6.35. The molecule has 1 aromatic heterocycles. The van der Waals surface area contributed by atoms with Crippen LogP contribution in [0.5, 0.6) is 5.75 Å². The number of carbonyl (C=O) groups is 1.